The molecule has 0 bridgehead atoms. The molecule has 6 aliphatic heterocycles. The van der Waals surface area contributed by atoms with E-state index in [-0.39, 0.29) is 30.2 Å². The smallest absolute Gasteiger partial charge is 0.231 e. The molecule has 3 saturated heterocycles. The van der Waals surface area contributed by atoms with Gasteiger partial charge in [-0.1, -0.05) is 54.7 Å². The number of ether oxygens (including phenoxy) is 7. The van der Waals surface area contributed by atoms with Crippen molar-refractivity contribution < 1.29 is 67.0 Å². The average Bonchev–Trinajstić information content (AvgIpc) is 4.07. The Morgan fingerprint density at radius 2 is 1.25 bits per heavy atom. The van der Waals surface area contributed by atoms with Gasteiger partial charge in [-0.25, -0.2) is 13.7 Å². The van der Waals surface area contributed by atoms with E-state index in [2.05, 4.69) is 63.4 Å². The number of rotatable bonds is 13. The molecule has 0 saturated carbocycles. The summed E-state index contributed by atoms with van der Waals surface area (Å²) in [5, 5.41) is 39.1. The van der Waals surface area contributed by atoms with Gasteiger partial charge in [0, 0.05) is 44.4 Å². The van der Waals surface area contributed by atoms with Crippen LogP contribution in [-0.2, 0) is 38.0 Å². The Morgan fingerprint density at radius 3 is 1.78 bits per heavy atom. The summed E-state index contributed by atoms with van der Waals surface area (Å²) < 4.78 is 51.1. The van der Waals surface area contributed by atoms with Crippen LogP contribution in [0, 0.1) is 17.8 Å². The van der Waals surface area contributed by atoms with Gasteiger partial charge in [0.1, 0.15) is 61.0 Å². The first-order chi connectivity index (χ1) is 29.0. The van der Waals surface area contributed by atoms with E-state index in [4.69, 9.17) is 44.6 Å². The van der Waals surface area contributed by atoms with Crippen molar-refractivity contribution in [1.29, 1.82) is 0 Å². The van der Waals surface area contributed by atoms with Gasteiger partial charge in [-0.2, -0.15) is 0 Å². The molecule has 8 N–H and O–H groups in total. The maximum absolute atomic E-state index is 12.8. The van der Waals surface area contributed by atoms with Gasteiger partial charge in [0.15, 0.2) is 63.9 Å². The van der Waals surface area contributed by atoms with Gasteiger partial charge in [-0.05, 0) is 0 Å². The highest BCUT2D eigenvalue weighted by Crippen LogP contribution is 2.37. The summed E-state index contributed by atoms with van der Waals surface area (Å²) in [7, 11) is 2.93. The molecule has 17 nitrogen and oxygen atoms in total. The van der Waals surface area contributed by atoms with Gasteiger partial charge in [-0.3, -0.25) is 4.79 Å². The normalized spacial score (nSPS) is 43.9. The number of hydrogen-bond acceptors (Lipinski definition) is 13. The van der Waals surface area contributed by atoms with Crippen LogP contribution in [0.15, 0.2) is 71.4 Å². The highest BCUT2D eigenvalue weighted by Gasteiger charge is 2.59. The van der Waals surface area contributed by atoms with Crippen molar-refractivity contribution >= 4 is 24.6 Å². The molecule has 0 radical (unpaired) electrons. The molecule has 9 aliphatic rings. The highest BCUT2D eigenvalue weighted by atomic mass is 16.7. The number of fused-ring (bicyclic) bond motifs is 3. The monoisotopic (exact) mass is 835 g/mol. The number of hydrogen-bond donors (Lipinski definition) is 6. The molecule has 0 aromatic heterocycles. The van der Waals surface area contributed by atoms with Crippen LogP contribution in [0.4, 0.5) is 0 Å². The second-order valence-electron chi connectivity index (χ2n) is 17.2. The lowest BCUT2D eigenvalue weighted by molar-refractivity contribution is -0.613. The standard InChI is InChI=1S/C43H58N6O11/c1-22(50)46-33-36(52)39(30(57-42(33)55-3)20-47-14-23-7-4-8-24(23)15-47)60-43-34(49-18-27-11-6-12-28(27)19-49)37(53)40(31(58-43)21-48-16-25-9-5-10-26(25)17-48)59-41-32(45)35(51)38(54-2)29(13-44)56-41/h4-12,14,16,18,24,26,28-43,51-53H,13,15,17,19-21,44-45H2,1-3H3/q+2/p+1/t24?,26-,28?,29?,30?,31?,32?,33?,34?,35?,36?,37?,38?,39?,40?,41?,42?,43?/m0/s1. The fourth-order valence-corrected chi connectivity index (χ4v) is 10.3. The summed E-state index contributed by atoms with van der Waals surface area (Å²) in [4.78, 5) is 12.5. The summed E-state index contributed by atoms with van der Waals surface area (Å²) in [5.41, 5.74) is 16.1. The molecule has 60 heavy (non-hydrogen) atoms. The van der Waals surface area contributed by atoms with E-state index in [1.807, 2.05) is 29.0 Å². The Bertz CT molecular complexity index is 1960. The molecule has 0 spiro atoms. The SMILES string of the molecule is COC1OC(C[N+]2=CC3=CC=CC3C2)C(OC2OC(C[N+]3=CC4=CC=C[C@H]4C3)C(OC3OC(CN)C(OC)C(O)C3N)C(O)C2[N+]2=CC3=CC=CC3C2)C(O)C1NC(C)=O. The maximum atomic E-state index is 12.8. The van der Waals surface area contributed by atoms with Gasteiger partial charge in [0.2, 0.25) is 18.2 Å². The van der Waals surface area contributed by atoms with Crippen LogP contribution in [0.25, 0.3) is 0 Å². The van der Waals surface area contributed by atoms with Crippen LogP contribution in [0.3, 0.4) is 0 Å². The van der Waals surface area contributed by atoms with Crippen LogP contribution in [-0.4, -0.2) is 199 Å². The Balaban J connectivity index is 1.07. The number of nitrogens with zero attached hydrogens (tertiary/aromatic N) is 3. The molecule has 9 rings (SSSR count). The van der Waals surface area contributed by atoms with Crippen LogP contribution < -0.4 is 16.8 Å². The second kappa shape index (κ2) is 17.3. The van der Waals surface area contributed by atoms with E-state index in [1.54, 1.807) is 0 Å². The van der Waals surface area contributed by atoms with Crippen molar-refractivity contribution in [2.24, 2.45) is 29.2 Å². The number of carbonyl (C=O) groups excluding carboxylic acids is 1. The topological polar surface area (TPSA) is 215 Å². The zero-order chi connectivity index (χ0) is 41.8. The Morgan fingerprint density at radius 1 is 0.717 bits per heavy atom. The Labute approximate surface area is 349 Å². The summed E-state index contributed by atoms with van der Waals surface area (Å²) in [6.07, 6.45) is 12.7. The summed E-state index contributed by atoms with van der Waals surface area (Å²) >= 11 is 0. The number of amides is 1. The molecule has 0 aromatic rings. The van der Waals surface area contributed by atoms with E-state index >= 15 is 0 Å². The first-order valence-corrected chi connectivity index (χ1v) is 21.1. The van der Waals surface area contributed by atoms with E-state index in [0.717, 1.165) is 12.1 Å². The molecule has 18 atom stereocenters. The third-order valence-corrected chi connectivity index (χ3v) is 13.4. The average molecular weight is 836 g/mol. The van der Waals surface area contributed by atoms with Crippen molar-refractivity contribution in [1.82, 2.24) is 5.32 Å². The highest BCUT2D eigenvalue weighted by molar-refractivity contribution is 5.80. The first kappa shape index (κ1) is 41.8. The van der Waals surface area contributed by atoms with Crippen LogP contribution in [0.5, 0.6) is 0 Å². The molecule has 17 unspecified atom stereocenters. The lowest BCUT2D eigenvalue weighted by atomic mass is 9.93. The molecular weight excluding hydrogens is 777 g/mol. The maximum Gasteiger partial charge on any atom is 0.231 e. The zero-order valence-corrected chi connectivity index (χ0v) is 34.2. The molecule has 0 aromatic carbocycles. The number of allylic oxidation sites excluding steroid dienone is 6. The number of methoxy groups -OCH3 is 2. The van der Waals surface area contributed by atoms with E-state index in [0.29, 0.717) is 26.2 Å². The number of carbonyl (C=O) groups is 1. The van der Waals surface area contributed by atoms with Gasteiger partial charge >= 0.3 is 0 Å². The van der Waals surface area contributed by atoms with Crippen molar-refractivity contribution in [3.63, 3.8) is 0 Å². The quantitative estimate of drug-likeness (QED) is 0.106. The van der Waals surface area contributed by atoms with Gasteiger partial charge < -0.3 is 65.3 Å². The lowest BCUT2D eigenvalue weighted by Crippen LogP contribution is -2.70. The predicted molar refractivity (Wildman–Crippen MR) is 215 cm³/mol. The summed E-state index contributed by atoms with van der Waals surface area (Å²) in [5.74, 6) is 0.198. The van der Waals surface area contributed by atoms with Crippen LogP contribution in [0.2, 0.25) is 0 Å². The zero-order valence-electron chi connectivity index (χ0n) is 34.2. The minimum Gasteiger partial charge on any atom is -0.388 e. The minimum absolute atomic E-state index is 0.0356. The van der Waals surface area contributed by atoms with Crippen LogP contribution >= 0.6 is 0 Å². The summed E-state index contributed by atoms with van der Waals surface area (Å²) in [6, 6.07) is -2.89. The molecular formula is C43H59N6O11+3. The van der Waals surface area contributed by atoms with Gasteiger partial charge in [-0.15, -0.1) is 0 Å². The lowest BCUT2D eigenvalue weighted by Gasteiger charge is -2.48. The van der Waals surface area contributed by atoms with E-state index in [9.17, 15) is 20.1 Å². The third-order valence-electron chi connectivity index (χ3n) is 13.4. The number of nitrogens with one attached hydrogen (secondary N) is 1. The number of aliphatic hydroxyl groups excluding tert-OH is 3. The molecule has 1 amide bonds. The first-order valence-electron chi connectivity index (χ1n) is 21.1. The molecule has 3 fully saturated rings. The molecule has 3 aliphatic carbocycles. The number of aliphatic hydroxyl groups is 3. The van der Waals surface area contributed by atoms with E-state index in [1.165, 1.54) is 32.3 Å². The van der Waals surface area contributed by atoms with Crippen molar-refractivity contribution in [3.05, 3.63) is 71.4 Å². The second-order valence-corrected chi connectivity index (χ2v) is 17.2. The van der Waals surface area contributed by atoms with Gasteiger partial charge in [0.25, 0.3) is 0 Å². The molecule has 6 heterocycles. The van der Waals surface area contributed by atoms with Crippen molar-refractivity contribution in [2.45, 2.75) is 98.9 Å². The molecule has 324 valence electrons. The molecule has 17 heteroatoms. The fraction of sp³-hybridized carbons (Fsp3) is 0.628. The Kier molecular flexibility index (Phi) is 12.0. The predicted octanol–water partition coefficient (Wildman–Crippen LogP) is -2.54. The third kappa shape index (κ3) is 7.88. The minimum atomic E-state index is -1.30. The summed E-state index contributed by atoms with van der Waals surface area (Å²) in [6.45, 7) is 3.98. The van der Waals surface area contributed by atoms with Crippen molar-refractivity contribution in [2.75, 3.05) is 53.5 Å². The van der Waals surface area contributed by atoms with Crippen molar-refractivity contribution in [3.8, 4) is 0 Å². The van der Waals surface area contributed by atoms with Crippen LogP contribution in [0.1, 0.15) is 6.92 Å². The fourth-order valence-electron chi connectivity index (χ4n) is 10.3. The Hall–Kier alpha value is -3.56. The van der Waals surface area contributed by atoms with E-state index < -0.39 is 91.9 Å². The number of nitrogens with two attached hydrogens (primary N) is 2. The van der Waals surface area contributed by atoms with Gasteiger partial charge in [0.05, 0.1) is 23.8 Å². The largest absolute Gasteiger partial charge is 0.388 e.